The zero-order chi connectivity index (χ0) is 14.0. The third kappa shape index (κ3) is 3.02. The molecule has 19 heavy (non-hydrogen) atoms. The van der Waals surface area contributed by atoms with Crippen LogP contribution in [0.2, 0.25) is 0 Å². The number of halogens is 1. The Morgan fingerprint density at radius 1 is 1.47 bits per heavy atom. The van der Waals surface area contributed by atoms with Crippen molar-refractivity contribution in [2.75, 3.05) is 20.1 Å². The molecule has 0 radical (unpaired) electrons. The number of hydrogen-bond donors (Lipinski definition) is 1. The van der Waals surface area contributed by atoms with Crippen molar-refractivity contribution in [1.82, 2.24) is 9.62 Å². The Balaban J connectivity index is 2.36. The fraction of sp³-hybridized carbons (Fsp3) is 0.538. The standard InChI is InChI=1S/C13H19BrN2O2S/c1-10-5-6-13(12(14)8-10)19(17,18)16-7-3-4-11(16)9-15-2/h5-6,8,11,15H,3-4,7,9H2,1-2H3/t11-/m0/s1. The molecule has 1 aromatic carbocycles. The SMILES string of the molecule is CNC[C@@H]1CCCN1S(=O)(=O)c1ccc(C)cc1Br. The lowest BCUT2D eigenvalue weighted by atomic mass is 10.2. The minimum Gasteiger partial charge on any atom is -0.318 e. The van der Waals surface area contributed by atoms with Crippen molar-refractivity contribution < 1.29 is 8.42 Å². The number of nitrogens with one attached hydrogen (secondary N) is 1. The van der Waals surface area contributed by atoms with Gasteiger partial charge in [0.05, 0.1) is 4.90 Å². The highest BCUT2D eigenvalue weighted by Gasteiger charge is 2.35. The van der Waals surface area contributed by atoms with Crippen LogP contribution in [0.15, 0.2) is 27.6 Å². The number of aryl methyl sites for hydroxylation is 1. The summed E-state index contributed by atoms with van der Waals surface area (Å²) in [5, 5.41) is 3.07. The average Bonchev–Trinajstić information content (AvgIpc) is 2.78. The van der Waals surface area contributed by atoms with E-state index >= 15 is 0 Å². The highest BCUT2D eigenvalue weighted by Crippen LogP contribution is 2.30. The molecule has 0 saturated carbocycles. The monoisotopic (exact) mass is 346 g/mol. The van der Waals surface area contributed by atoms with Crippen LogP contribution in [-0.4, -0.2) is 38.9 Å². The lowest BCUT2D eigenvalue weighted by Crippen LogP contribution is -2.40. The van der Waals surface area contributed by atoms with Crippen molar-refractivity contribution in [1.29, 1.82) is 0 Å². The first kappa shape index (κ1) is 15.0. The zero-order valence-electron chi connectivity index (χ0n) is 11.2. The van der Waals surface area contributed by atoms with Crippen molar-refractivity contribution in [2.24, 2.45) is 0 Å². The topological polar surface area (TPSA) is 49.4 Å². The molecule has 6 heteroatoms. The van der Waals surface area contributed by atoms with E-state index in [-0.39, 0.29) is 6.04 Å². The van der Waals surface area contributed by atoms with Crippen LogP contribution in [-0.2, 0) is 10.0 Å². The van der Waals surface area contributed by atoms with Crippen molar-refractivity contribution >= 4 is 26.0 Å². The molecule has 0 unspecified atom stereocenters. The molecule has 1 aliphatic heterocycles. The minimum atomic E-state index is -3.41. The Labute approximate surface area is 123 Å². The number of likely N-dealkylation sites (N-methyl/N-ethyl adjacent to an activating group) is 1. The largest absolute Gasteiger partial charge is 0.318 e. The molecule has 4 nitrogen and oxygen atoms in total. The Hall–Kier alpha value is -0.430. The number of nitrogens with zero attached hydrogens (tertiary/aromatic N) is 1. The number of sulfonamides is 1. The Kier molecular flexibility index (Phi) is 4.66. The van der Waals surface area contributed by atoms with Gasteiger partial charge in [0, 0.05) is 23.6 Å². The number of rotatable bonds is 4. The van der Waals surface area contributed by atoms with Crippen LogP contribution in [0.25, 0.3) is 0 Å². The van der Waals surface area contributed by atoms with E-state index in [2.05, 4.69) is 21.2 Å². The van der Waals surface area contributed by atoms with Gasteiger partial charge in [0.2, 0.25) is 10.0 Å². The van der Waals surface area contributed by atoms with Crippen LogP contribution >= 0.6 is 15.9 Å². The second-order valence-corrected chi connectivity index (χ2v) is 7.62. The Morgan fingerprint density at radius 3 is 2.84 bits per heavy atom. The van der Waals surface area contributed by atoms with Crippen molar-refractivity contribution in [2.45, 2.75) is 30.7 Å². The van der Waals surface area contributed by atoms with Crippen LogP contribution in [0.1, 0.15) is 18.4 Å². The van der Waals surface area contributed by atoms with Gasteiger partial charge >= 0.3 is 0 Å². The van der Waals surface area contributed by atoms with Crippen LogP contribution in [0.5, 0.6) is 0 Å². The quantitative estimate of drug-likeness (QED) is 0.908. The van der Waals surface area contributed by atoms with E-state index in [1.54, 1.807) is 10.4 Å². The second kappa shape index (κ2) is 5.91. The molecule has 0 bridgehead atoms. The van der Waals surface area contributed by atoms with Crippen molar-refractivity contribution in [3.05, 3.63) is 28.2 Å². The van der Waals surface area contributed by atoms with Gasteiger partial charge in [0.25, 0.3) is 0 Å². The predicted octanol–water partition coefficient (Wildman–Crippen LogP) is 2.13. The summed E-state index contributed by atoms with van der Waals surface area (Å²) >= 11 is 3.37. The highest BCUT2D eigenvalue weighted by atomic mass is 79.9. The molecule has 1 fully saturated rings. The van der Waals surface area contributed by atoms with Gasteiger partial charge in [-0.3, -0.25) is 0 Å². The number of hydrogen-bond acceptors (Lipinski definition) is 3. The van der Waals surface area contributed by atoms with Gasteiger partial charge < -0.3 is 5.32 Å². The first-order valence-corrected chi connectivity index (χ1v) is 8.62. The minimum absolute atomic E-state index is 0.0585. The van der Waals surface area contributed by atoms with E-state index < -0.39 is 10.0 Å². The fourth-order valence-corrected chi connectivity index (χ4v) is 5.35. The zero-order valence-corrected chi connectivity index (χ0v) is 13.6. The third-order valence-electron chi connectivity index (χ3n) is 3.44. The molecule has 0 aromatic heterocycles. The smallest absolute Gasteiger partial charge is 0.244 e. The van der Waals surface area contributed by atoms with Crippen LogP contribution in [0.3, 0.4) is 0 Å². The predicted molar refractivity (Wildman–Crippen MR) is 79.7 cm³/mol. The van der Waals surface area contributed by atoms with Crippen LogP contribution in [0, 0.1) is 6.92 Å². The summed E-state index contributed by atoms with van der Waals surface area (Å²) in [6.07, 6.45) is 1.85. The van der Waals surface area contributed by atoms with Gasteiger partial charge in [-0.15, -0.1) is 0 Å². The summed E-state index contributed by atoms with van der Waals surface area (Å²) in [6, 6.07) is 5.42. The van der Waals surface area contributed by atoms with Gasteiger partial charge in [-0.1, -0.05) is 6.07 Å². The molecule has 1 atom stereocenters. The van der Waals surface area contributed by atoms with E-state index in [0.29, 0.717) is 22.5 Å². The molecule has 2 rings (SSSR count). The maximum absolute atomic E-state index is 12.7. The molecule has 1 N–H and O–H groups in total. The van der Waals surface area contributed by atoms with E-state index in [4.69, 9.17) is 0 Å². The third-order valence-corrected chi connectivity index (χ3v) is 6.37. The second-order valence-electron chi connectivity index (χ2n) is 4.90. The molecular weight excluding hydrogens is 328 g/mol. The average molecular weight is 347 g/mol. The molecule has 106 valence electrons. The highest BCUT2D eigenvalue weighted by molar-refractivity contribution is 9.10. The fourth-order valence-electron chi connectivity index (χ4n) is 2.51. The van der Waals surface area contributed by atoms with Gasteiger partial charge in [-0.2, -0.15) is 4.31 Å². The van der Waals surface area contributed by atoms with E-state index in [1.807, 2.05) is 26.1 Å². The van der Waals surface area contributed by atoms with Gasteiger partial charge in [0.15, 0.2) is 0 Å². The van der Waals surface area contributed by atoms with E-state index in [0.717, 1.165) is 18.4 Å². The van der Waals surface area contributed by atoms with Crippen LogP contribution in [0.4, 0.5) is 0 Å². The number of benzene rings is 1. The van der Waals surface area contributed by atoms with Crippen molar-refractivity contribution in [3.8, 4) is 0 Å². The van der Waals surface area contributed by atoms with Gasteiger partial charge in [0.1, 0.15) is 0 Å². The molecule has 1 heterocycles. The lowest BCUT2D eigenvalue weighted by Gasteiger charge is -2.24. The Bertz CT molecular complexity index is 560. The maximum Gasteiger partial charge on any atom is 0.244 e. The molecule has 0 amide bonds. The normalized spacial score (nSPS) is 20.9. The van der Waals surface area contributed by atoms with E-state index in [9.17, 15) is 8.42 Å². The molecule has 1 aromatic rings. The van der Waals surface area contributed by atoms with Crippen LogP contribution < -0.4 is 5.32 Å². The molecule has 0 spiro atoms. The summed E-state index contributed by atoms with van der Waals surface area (Å²) in [5.41, 5.74) is 1.04. The molecule has 1 aliphatic rings. The molecule has 0 aliphatic carbocycles. The molecular formula is C13H19BrN2O2S. The summed E-state index contributed by atoms with van der Waals surface area (Å²) in [6.45, 7) is 3.25. The molecule has 1 saturated heterocycles. The Morgan fingerprint density at radius 2 is 2.21 bits per heavy atom. The summed E-state index contributed by atoms with van der Waals surface area (Å²) < 4.78 is 27.7. The van der Waals surface area contributed by atoms with E-state index in [1.165, 1.54) is 0 Å². The summed E-state index contributed by atoms with van der Waals surface area (Å²) in [5.74, 6) is 0. The first-order chi connectivity index (χ1) is 8.96. The maximum atomic E-state index is 12.7. The van der Waals surface area contributed by atoms with Gasteiger partial charge in [-0.25, -0.2) is 8.42 Å². The summed E-state index contributed by atoms with van der Waals surface area (Å²) in [7, 11) is -1.56. The summed E-state index contributed by atoms with van der Waals surface area (Å²) in [4.78, 5) is 0.362. The van der Waals surface area contributed by atoms with Crippen molar-refractivity contribution in [3.63, 3.8) is 0 Å². The van der Waals surface area contributed by atoms with Gasteiger partial charge in [-0.05, 0) is 60.4 Å². The first-order valence-electron chi connectivity index (χ1n) is 6.39. The lowest BCUT2D eigenvalue weighted by molar-refractivity contribution is 0.379.